The summed E-state index contributed by atoms with van der Waals surface area (Å²) in [7, 11) is -4.17. The number of anilines is 1. The van der Waals surface area contributed by atoms with Crippen molar-refractivity contribution in [2.45, 2.75) is 11.8 Å². The van der Waals surface area contributed by atoms with E-state index < -0.39 is 10.1 Å². The lowest BCUT2D eigenvalue weighted by molar-refractivity contribution is -0.325. The molecule has 0 saturated heterocycles. The van der Waals surface area contributed by atoms with E-state index in [9.17, 15) is 8.42 Å². The predicted octanol–water partition coefficient (Wildman–Crippen LogP) is 0.964. The van der Waals surface area contributed by atoms with Crippen molar-refractivity contribution in [3.05, 3.63) is 35.9 Å². The molecule has 0 aromatic heterocycles. The summed E-state index contributed by atoms with van der Waals surface area (Å²) in [5, 5.41) is 1.68. The van der Waals surface area contributed by atoms with Gasteiger partial charge in [0, 0.05) is 0 Å². The predicted molar refractivity (Wildman–Crippen MR) is 65.0 cm³/mol. The minimum atomic E-state index is -4.17. The molecule has 2 aromatic carbocycles. The van der Waals surface area contributed by atoms with Crippen LogP contribution in [-0.2, 0) is 10.1 Å². The Balaban J connectivity index is 2.79. The van der Waals surface area contributed by atoms with Crippen molar-refractivity contribution in [3.63, 3.8) is 0 Å². The van der Waals surface area contributed by atoms with Crippen molar-refractivity contribution in [2.75, 3.05) is 5.43 Å². The van der Waals surface area contributed by atoms with Crippen LogP contribution in [-0.4, -0.2) is 13.0 Å². The van der Waals surface area contributed by atoms with E-state index in [4.69, 9.17) is 4.55 Å². The number of benzene rings is 2. The van der Waals surface area contributed by atoms with E-state index in [1.807, 2.05) is 12.1 Å². The normalized spacial score (nSPS) is 11.7. The van der Waals surface area contributed by atoms with E-state index in [1.165, 1.54) is 12.1 Å². The highest BCUT2D eigenvalue weighted by Gasteiger charge is 2.12. The number of quaternary nitrogens is 1. The van der Waals surface area contributed by atoms with Crippen LogP contribution in [0.3, 0.4) is 0 Å². The molecule has 5 nitrogen and oxygen atoms in total. The fourth-order valence-electron chi connectivity index (χ4n) is 1.79. The standard InChI is InChI=1S/C11H12N2O3S/c1-7-4-10(17(14,15)16)6-8-5-9(13-12)2-3-11(7)8/h2-6,13H,12H2,1H3,(H,14,15,16)/p+1. The minimum Gasteiger partial charge on any atom is -0.282 e. The van der Waals surface area contributed by atoms with E-state index in [1.54, 1.807) is 13.0 Å². The Hall–Kier alpha value is -1.63. The van der Waals surface area contributed by atoms with Gasteiger partial charge in [-0.15, -0.1) is 0 Å². The van der Waals surface area contributed by atoms with Crippen molar-refractivity contribution >= 4 is 26.6 Å². The molecule has 0 aliphatic heterocycles. The Morgan fingerprint density at radius 3 is 2.53 bits per heavy atom. The third kappa shape index (κ3) is 2.23. The molecule has 0 spiro atoms. The van der Waals surface area contributed by atoms with Gasteiger partial charge < -0.3 is 0 Å². The van der Waals surface area contributed by atoms with Crippen LogP contribution in [0.1, 0.15) is 5.56 Å². The van der Waals surface area contributed by atoms with Crippen LogP contribution in [0.15, 0.2) is 35.2 Å². The van der Waals surface area contributed by atoms with Gasteiger partial charge in [0.1, 0.15) is 0 Å². The van der Waals surface area contributed by atoms with Crippen LogP contribution in [0.25, 0.3) is 10.8 Å². The van der Waals surface area contributed by atoms with Gasteiger partial charge in [0.05, 0.1) is 10.6 Å². The van der Waals surface area contributed by atoms with Crippen molar-refractivity contribution in [1.29, 1.82) is 0 Å². The Labute approximate surface area is 99.0 Å². The van der Waals surface area contributed by atoms with E-state index >= 15 is 0 Å². The zero-order valence-electron chi connectivity index (χ0n) is 9.27. The molecule has 0 radical (unpaired) electrons. The molecule has 5 N–H and O–H groups in total. The van der Waals surface area contributed by atoms with Crippen molar-refractivity contribution in [3.8, 4) is 0 Å². The number of rotatable bonds is 2. The van der Waals surface area contributed by atoms with Gasteiger partial charge >= 0.3 is 0 Å². The van der Waals surface area contributed by atoms with Crippen molar-refractivity contribution < 1.29 is 18.8 Å². The molecule has 0 bridgehead atoms. The molecule has 0 aliphatic carbocycles. The van der Waals surface area contributed by atoms with Gasteiger partial charge in [-0.1, -0.05) is 6.07 Å². The van der Waals surface area contributed by atoms with Crippen LogP contribution in [0.5, 0.6) is 0 Å². The van der Waals surface area contributed by atoms with Crippen LogP contribution in [0.4, 0.5) is 5.69 Å². The van der Waals surface area contributed by atoms with E-state index in [0.29, 0.717) is 0 Å². The van der Waals surface area contributed by atoms with Crippen molar-refractivity contribution in [2.24, 2.45) is 0 Å². The molecule has 2 rings (SSSR count). The summed E-state index contributed by atoms with van der Waals surface area (Å²) >= 11 is 0. The topological polar surface area (TPSA) is 94.0 Å². The van der Waals surface area contributed by atoms with E-state index in [2.05, 4.69) is 11.3 Å². The zero-order valence-corrected chi connectivity index (χ0v) is 10.1. The van der Waals surface area contributed by atoms with Gasteiger partial charge in [0.2, 0.25) is 0 Å². The Bertz CT molecular complexity index is 680. The maximum Gasteiger partial charge on any atom is 0.294 e. The average Bonchev–Trinajstić information content (AvgIpc) is 2.27. The van der Waals surface area contributed by atoms with E-state index in [-0.39, 0.29) is 4.90 Å². The first-order chi connectivity index (χ1) is 7.91. The molecule has 6 heteroatoms. The summed E-state index contributed by atoms with van der Waals surface area (Å²) in [4.78, 5) is -0.0938. The SMILES string of the molecule is Cc1cc(S(=O)(=O)O)cc2cc(N[NH3+])ccc12. The highest BCUT2D eigenvalue weighted by atomic mass is 32.2. The lowest BCUT2D eigenvalue weighted by atomic mass is 10.1. The largest absolute Gasteiger partial charge is 0.294 e. The van der Waals surface area contributed by atoms with Gasteiger partial charge in [0.15, 0.2) is 0 Å². The maximum atomic E-state index is 11.1. The number of hydrogen-bond donors (Lipinski definition) is 3. The first-order valence-electron chi connectivity index (χ1n) is 4.97. The fourth-order valence-corrected chi connectivity index (χ4v) is 2.39. The van der Waals surface area contributed by atoms with Gasteiger partial charge in [-0.05, 0) is 47.5 Å². The van der Waals surface area contributed by atoms with Crippen LogP contribution in [0, 0.1) is 6.92 Å². The first-order valence-corrected chi connectivity index (χ1v) is 6.41. The molecular weight excluding hydrogens is 240 g/mol. The quantitative estimate of drug-likeness (QED) is 0.549. The Morgan fingerprint density at radius 2 is 1.94 bits per heavy atom. The third-order valence-corrected chi connectivity index (χ3v) is 3.47. The Morgan fingerprint density at radius 1 is 1.24 bits per heavy atom. The highest BCUT2D eigenvalue weighted by molar-refractivity contribution is 7.85. The summed E-state index contributed by atoms with van der Waals surface area (Å²) in [5.74, 6) is 3.54. The van der Waals surface area contributed by atoms with Crippen molar-refractivity contribution in [1.82, 2.24) is 0 Å². The summed E-state index contributed by atoms with van der Waals surface area (Å²) < 4.78 is 31.3. The van der Waals surface area contributed by atoms with Gasteiger partial charge in [-0.2, -0.15) is 8.42 Å². The number of hydrogen-bond acceptors (Lipinski definition) is 3. The highest BCUT2D eigenvalue weighted by Crippen LogP contribution is 2.25. The van der Waals surface area contributed by atoms with Gasteiger partial charge in [-0.25, -0.2) is 5.43 Å². The third-order valence-electron chi connectivity index (χ3n) is 2.63. The molecule has 0 saturated carbocycles. The fraction of sp³-hybridized carbons (Fsp3) is 0.0909. The molecule has 2 aromatic rings. The number of fused-ring (bicyclic) bond motifs is 1. The summed E-state index contributed by atoms with van der Waals surface area (Å²) in [5.41, 5.74) is 4.31. The Kier molecular flexibility index (Phi) is 2.78. The molecular formula is C11H13N2O3S+. The number of nitrogens with one attached hydrogen (secondary N) is 1. The zero-order chi connectivity index (χ0) is 12.6. The second kappa shape index (κ2) is 3.99. The second-order valence-electron chi connectivity index (χ2n) is 3.83. The van der Waals surface area contributed by atoms with Crippen LogP contribution in [0.2, 0.25) is 0 Å². The molecule has 90 valence electrons. The summed E-state index contributed by atoms with van der Waals surface area (Å²) in [6, 6.07) is 8.42. The molecule has 0 fully saturated rings. The number of aryl methyl sites for hydroxylation is 1. The first kappa shape index (κ1) is 11.8. The lowest BCUT2D eigenvalue weighted by Gasteiger charge is -2.06. The minimum absolute atomic E-state index is 0.0938. The van der Waals surface area contributed by atoms with E-state index in [0.717, 1.165) is 22.0 Å². The smallest absolute Gasteiger partial charge is 0.282 e. The molecule has 0 amide bonds. The molecule has 0 unspecified atom stereocenters. The van der Waals surface area contributed by atoms with Gasteiger partial charge in [-0.3, -0.25) is 10.4 Å². The van der Waals surface area contributed by atoms with Crippen LogP contribution >= 0.6 is 0 Å². The van der Waals surface area contributed by atoms with Crippen LogP contribution < -0.4 is 11.3 Å². The summed E-state index contributed by atoms with van der Waals surface area (Å²) in [6.07, 6.45) is 0. The lowest BCUT2D eigenvalue weighted by Crippen LogP contribution is -2.56. The van der Waals surface area contributed by atoms with Gasteiger partial charge in [0.25, 0.3) is 10.1 Å². The maximum absolute atomic E-state index is 11.1. The molecule has 17 heavy (non-hydrogen) atoms. The molecule has 0 atom stereocenters. The monoisotopic (exact) mass is 253 g/mol. The molecule has 0 heterocycles. The average molecular weight is 253 g/mol. The molecule has 0 aliphatic rings. The second-order valence-corrected chi connectivity index (χ2v) is 5.25. The summed E-state index contributed by atoms with van der Waals surface area (Å²) in [6.45, 7) is 1.80.